The highest BCUT2D eigenvalue weighted by atomic mass is 32.1. The second-order valence-corrected chi connectivity index (χ2v) is 4.84. The van der Waals surface area contributed by atoms with Crippen LogP contribution in [0.25, 0.3) is 0 Å². The molecular weight excluding hydrogens is 242 g/mol. The van der Waals surface area contributed by atoms with Crippen LogP contribution in [-0.4, -0.2) is 34.4 Å². The highest BCUT2D eigenvalue weighted by molar-refractivity contribution is 7.15. The zero-order chi connectivity index (χ0) is 12.8. The average Bonchev–Trinajstić information content (AvgIpc) is 2.73. The molecule has 0 aliphatic carbocycles. The number of nitrogens with one attached hydrogen (secondary N) is 1. The lowest BCUT2D eigenvalue weighted by Crippen LogP contribution is -2.35. The lowest BCUT2D eigenvalue weighted by Gasteiger charge is -2.18. The molecular formula is C10H17N3O3S. The number of carboxylic acids is 1. The molecule has 96 valence electrons. The zero-order valence-electron chi connectivity index (χ0n) is 10.1. The van der Waals surface area contributed by atoms with Crippen LogP contribution < -0.4 is 5.32 Å². The van der Waals surface area contributed by atoms with Gasteiger partial charge < -0.3 is 15.2 Å². The molecule has 2 atom stereocenters. The molecule has 1 rings (SSSR count). The Balaban J connectivity index is 2.68. The van der Waals surface area contributed by atoms with E-state index in [0.29, 0.717) is 11.7 Å². The third-order valence-corrected chi connectivity index (χ3v) is 3.32. The lowest BCUT2D eigenvalue weighted by molar-refractivity contribution is -0.139. The number of aromatic nitrogens is 2. The molecule has 17 heavy (non-hydrogen) atoms. The molecule has 0 bridgehead atoms. The van der Waals surface area contributed by atoms with Gasteiger partial charge in [0, 0.05) is 7.11 Å². The first kappa shape index (κ1) is 13.9. The van der Waals surface area contributed by atoms with Gasteiger partial charge in [0.15, 0.2) is 0 Å². The Morgan fingerprint density at radius 1 is 1.59 bits per heavy atom. The molecule has 0 amide bonds. The number of anilines is 1. The molecule has 0 aliphatic rings. The van der Waals surface area contributed by atoms with Crippen LogP contribution in [0.3, 0.4) is 0 Å². The van der Waals surface area contributed by atoms with Crippen molar-refractivity contribution in [3.8, 4) is 0 Å². The zero-order valence-corrected chi connectivity index (χ0v) is 11.0. The SMILES string of the molecule is CC[C@H](C)[C@H](Nc1nnc(COC)s1)C(=O)O. The molecule has 0 spiro atoms. The van der Waals surface area contributed by atoms with Gasteiger partial charge in [0.05, 0.1) is 0 Å². The van der Waals surface area contributed by atoms with Gasteiger partial charge in [-0.05, 0) is 5.92 Å². The van der Waals surface area contributed by atoms with E-state index < -0.39 is 12.0 Å². The van der Waals surface area contributed by atoms with E-state index in [-0.39, 0.29) is 5.92 Å². The normalized spacial score (nSPS) is 14.3. The largest absolute Gasteiger partial charge is 0.480 e. The molecule has 0 aromatic carbocycles. The van der Waals surface area contributed by atoms with Gasteiger partial charge in [-0.15, -0.1) is 10.2 Å². The van der Waals surface area contributed by atoms with Crippen molar-refractivity contribution in [3.63, 3.8) is 0 Å². The van der Waals surface area contributed by atoms with Gasteiger partial charge >= 0.3 is 5.97 Å². The van der Waals surface area contributed by atoms with Gasteiger partial charge in [0.1, 0.15) is 17.7 Å². The molecule has 1 aromatic rings. The van der Waals surface area contributed by atoms with Gasteiger partial charge in [0.2, 0.25) is 5.13 Å². The van der Waals surface area contributed by atoms with E-state index in [0.717, 1.165) is 11.4 Å². The van der Waals surface area contributed by atoms with E-state index in [4.69, 9.17) is 9.84 Å². The second kappa shape index (κ2) is 6.51. The average molecular weight is 259 g/mol. The number of aliphatic carboxylic acids is 1. The van der Waals surface area contributed by atoms with Gasteiger partial charge in [-0.2, -0.15) is 0 Å². The predicted octanol–water partition coefficient (Wildman–Crippen LogP) is 1.60. The van der Waals surface area contributed by atoms with Crippen LogP contribution in [-0.2, 0) is 16.1 Å². The van der Waals surface area contributed by atoms with E-state index in [1.54, 1.807) is 7.11 Å². The summed E-state index contributed by atoms with van der Waals surface area (Å²) in [5.74, 6) is -0.842. The number of nitrogens with zero attached hydrogens (tertiary/aromatic N) is 2. The molecule has 0 saturated carbocycles. The summed E-state index contributed by atoms with van der Waals surface area (Å²) in [5, 5.41) is 21.0. The molecule has 0 aliphatic heterocycles. The summed E-state index contributed by atoms with van der Waals surface area (Å²) in [6, 6.07) is -0.636. The van der Waals surface area contributed by atoms with Crippen molar-refractivity contribution in [2.24, 2.45) is 5.92 Å². The highest BCUT2D eigenvalue weighted by Gasteiger charge is 2.24. The van der Waals surface area contributed by atoms with Crippen LogP contribution in [0.4, 0.5) is 5.13 Å². The minimum absolute atomic E-state index is 0.0299. The van der Waals surface area contributed by atoms with Crippen molar-refractivity contribution < 1.29 is 14.6 Å². The fourth-order valence-corrected chi connectivity index (χ4v) is 2.06. The lowest BCUT2D eigenvalue weighted by atomic mass is 10.00. The highest BCUT2D eigenvalue weighted by Crippen LogP contribution is 2.20. The molecule has 1 aromatic heterocycles. The molecule has 7 heteroatoms. The summed E-state index contributed by atoms with van der Waals surface area (Å²) in [5.41, 5.74) is 0. The number of methoxy groups -OCH3 is 1. The molecule has 6 nitrogen and oxygen atoms in total. The quantitative estimate of drug-likeness (QED) is 0.773. The van der Waals surface area contributed by atoms with E-state index in [1.165, 1.54) is 11.3 Å². The Labute approximate surface area is 104 Å². The van der Waals surface area contributed by atoms with E-state index in [1.807, 2.05) is 13.8 Å². The number of hydrogen-bond acceptors (Lipinski definition) is 6. The van der Waals surface area contributed by atoms with Crippen LogP contribution >= 0.6 is 11.3 Å². The summed E-state index contributed by atoms with van der Waals surface area (Å²) in [4.78, 5) is 11.1. The summed E-state index contributed by atoms with van der Waals surface area (Å²) in [7, 11) is 1.58. The van der Waals surface area contributed by atoms with Crippen LogP contribution in [0.5, 0.6) is 0 Å². The fraction of sp³-hybridized carbons (Fsp3) is 0.700. The van der Waals surface area contributed by atoms with Crippen molar-refractivity contribution in [2.45, 2.75) is 32.9 Å². The van der Waals surface area contributed by atoms with E-state index in [9.17, 15) is 4.79 Å². The van der Waals surface area contributed by atoms with E-state index >= 15 is 0 Å². The molecule has 0 fully saturated rings. The van der Waals surface area contributed by atoms with Crippen molar-refractivity contribution in [1.82, 2.24) is 10.2 Å². The van der Waals surface area contributed by atoms with Crippen molar-refractivity contribution in [3.05, 3.63) is 5.01 Å². The number of carbonyl (C=O) groups is 1. The Morgan fingerprint density at radius 2 is 2.29 bits per heavy atom. The summed E-state index contributed by atoms with van der Waals surface area (Å²) in [6.45, 7) is 4.24. The number of carboxylic acid groups (broad SMARTS) is 1. The number of ether oxygens (including phenoxy) is 1. The smallest absolute Gasteiger partial charge is 0.326 e. The van der Waals surface area contributed by atoms with Gasteiger partial charge in [0.25, 0.3) is 0 Å². The Bertz CT molecular complexity index is 369. The van der Waals surface area contributed by atoms with Crippen molar-refractivity contribution >= 4 is 22.4 Å². The Hall–Kier alpha value is -1.21. The standard InChI is InChI=1S/C10H17N3O3S/c1-4-6(2)8(9(14)15)11-10-13-12-7(17-10)5-16-3/h6,8H,4-5H2,1-3H3,(H,11,13)(H,14,15)/t6-,8-/m0/s1. The first-order valence-electron chi connectivity index (χ1n) is 5.39. The van der Waals surface area contributed by atoms with Gasteiger partial charge in [-0.1, -0.05) is 31.6 Å². The summed E-state index contributed by atoms with van der Waals surface area (Å²) in [6.07, 6.45) is 0.785. The van der Waals surface area contributed by atoms with Crippen LogP contribution in [0, 0.1) is 5.92 Å². The van der Waals surface area contributed by atoms with Crippen LogP contribution in [0.1, 0.15) is 25.3 Å². The summed E-state index contributed by atoms with van der Waals surface area (Å²) >= 11 is 1.31. The molecule has 0 radical (unpaired) electrons. The first-order valence-corrected chi connectivity index (χ1v) is 6.20. The topological polar surface area (TPSA) is 84.3 Å². The molecule has 0 saturated heterocycles. The predicted molar refractivity (Wildman–Crippen MR) is 65.1 cm³/mol. The maximum atomic E-state index is 11.1. The molecule has 2 N–H and O–H groups in total. The van der Waals surface area contributed by atoms with Gasteiger partial charge in [-0.25, -0.2) is 4.79 Å². The minimum atomic E-state index is -0.872. The molecule has 1 heterocycles. The van der Waals surface area contributed by atoms with Crippen LogP contribution in [0.2, 0.25) is 0 Å². The maximum Gasteiger partial charge on any atom is 0.326 e. The Kier molecular flexibility index (Phi) is 5.30. The van der Waals surface area contributed by atoms with E-state index in [2.05, 4.69) is 15.5 Å². The first-order chi connectivity index (χ1) is 8.08. The number of hydrogen-bond donors (Lipinski definition) is 2. The fourth-order valence-electron chi connectivity index (χ4n) is 1.31. The summed E-state index contributed by atoms with van der Waals surface area (Å²) < 4.78 is 4.93. The third kappa shape index (κ3) is 3.94. The Morgan fingerprint density at radius 3 is 2.82 bits per heavy atom. The second-order valence-electron chi connectivity index (χ2n) is 3.78. The number of rotatable bonds is 7. The van der Waals surface area contributed by atoms with Gasteiger partial charge in [-0.3, -0.25) is 0 Å². The molecule has 0 unspecified atom stereocenters. The van der Waals surface area contributed by atoms with Crippen molar-refractivity contribution in [2.75, 3.05) is 12.4 Å². The third-order valence-electron chi connectivity index (χ3n) is 2.49. The van der Waals surface area contributed by atoms with Crippen molar-refractivity contribution in [1.29, 1.82) is 0 Å². The minimum Gasteiger partial charge on any atom is -0.480 e. The van der Waals surface area contributed by atoms with Crippen LogP contribution in [0.15, 0.2) is 0 Å². The maximum absolute atomic E-state index is 11.1. The monoisotopic (exact) mass is 259 g/mol.